The molecule has 0 radical (unpaired) electrons. The summed E-state index contributed by atoms with van der Waals surface area (Å²) in [5.74, 6) is 0. The zero-order valence-corrected chi connectivity index (χ0v) is 16.3. The van der Waals surface area contributed by atoms with Crippen LogP contribution in [0, 0.1) is 20.8 Å². The maximum atomic E-state index is 12.8. The number of aryl methyl sites for hydroxylation is 3. The maximum absolute atomic E-state index is 12.8. The fourth-order valence-electron chi connectivity index (χ4n) is 2.49. The summed E-state index contributed by atoms with van der Waals surface area (Å²) in [6.07, 6.45) is 1.98. The fourth-order valence-corrected chi connectivity index (χ4v) is 5.38. The molecule has 3 rings (SSSR count). The van der Waals surface area contributed by atoms with E-state index in [1.54, 1.807) is 35.2 Å². The number of anilines is 1. The number of thiazole rings is 1. The van der Waals surface area contributed by atoms with Crippen molar-refractivity contribution >= 4 is 49.0 Å². The fraction of sp³-hybridized carbons (Fsp3) is 0.235. The van der Waals surface area contributed by atoms with Gasteiger partial charge in [0.1, 0.15) is 0 Å². The second kappa shape index (κ2) is 6.38. The Kier molecular flexibility index (Phi) is 4.59. The monoisotopic (exact) mass is 378 g/mol. The highest BCUT2D eigenvalue weighted by Crippen LogP contribution is 2.31. The molecule has 3 aromatic rings. The Morgan fingerprint density at radius 2 is 1.75 bits per heavy atom. The van der Waals surface area contributed by atoms with E-state index in [2.05, 4.69) is 9.71 Å². The van der Waals surface area contributed by atoms with E-state index in [1.165, 1.54) is 0 Å². The van der Waals surface area contributed by atoms with Gasteiger partial charge in [0.2, 0.25) is 0 Å². The van der Waals surface area contributed by atoms with Crippen LogP contribution in [-0.4, -0.2) is 19.7 Å². The number of benzene rings is 2. The minimum Gasteiger partial charge on any atom is -0.280 e. The lowest BCUT2D eigenvalue weighted by Crippen LogP contribution is -2.14. The molecule has 0 amide bonds. The molecule has 0 aliphatic heterocycles. The van der Waals surface area contributed by atoms with Gasteiger partial charge in [-0.3, -0.25) is 4.72 Å². The summed E-state index contributed by atoms with van der Waals surface area (Å²) in [7, 11) is -3.62. The summed E-state index contributed by atoms with van der Waals surface area (Å²) in [5, 5.41) is 0. The Morgan fingerprint density at radius 1 is 1.04 bits per heavy atom. The first-order chi connectivity index (χ1) is 11.3. The van der Waals surface area contributed by atoms with Gasteiger partial charge >= 0.3 is 0 Å². The van der Waals surface area contributed by atoms with Crippen LogP contribution in [0.3, 0.4) is 0 Å². The van der Waals surface area contributed by atoms with Crippen molar-refractivity contribution in [1.82, 2.24) is 4.98 Å². The molecule has 4 nitrogen and oxygen atoms in total. The van der Waals surface area contributed by atoms with E-state index in [0.717, 1.165) is 31.2 Å². The van der Waals surface area contributed by atoms with Gasteiger partial charge in [-0.2, -0.15) is 0 Å². The van der Waals surface area contributed by atoms with Gasteiger partial charge in [0, 0.05) is 0 Å². The van der Waals surface area contributed by atoms with Crippen molar-refractivity contribution in [1.29, 1.82) is 0 Å². The average Bonchev–Trinajstić information content (AvgIpc) is 2.92. The van der Waals surface area contributed by atoms with E-state index in [4.69, 9.17) is 0 Å². The number of fused-ring (bicyclic) bond motifs is 1. The Labute approximate surface area is 150 Å². The number of thioether (sulfide) groups is 1. The largest absolute Gasteiger partial charge is 0.280 e. The molecule has 24 heavy (non-hydrogen) atoms. The summed E-state index contributed by atoms with van der Waals surface area (Å²) in [6, 6.07) is 9.06. The molecule has 0 saturated heterocycles. The third kappa shape index (κ3) is 3.29. The second-order valence-electron chi connectivity index (χ2n) is 5.67. The second-order valence-corrected chi connectivity index (χ2v) is 9.41. The van der Waals surface area contributed by atoms with Crippen LogP contribution < -0.4 is 4.72 Å². The first-order valence-corrected chi connectivity index (χ1v) is 10.9. The van der Waals surface area contributed by atoms with Crippen molar-refractivity contribution in [2.45, 2.75) is 30.0 Å². The molecule has 0 saturated carbocycles. The van der Waals surface area contributed by atoms with Crippen LogP contribution in [0.5, 0.6) is 0 Å². The lowest BCUT2D eigenvalue weighted by molar-refractivity contribution is 0.600. The first-order valence-electron chi connectivity index (χ1n) is 7.35. The molecule has 2 aromatic carbocycles. The van der Waals surface area contributed by atoms with Gasteiger partial charge in [0.05, 0.1) is 20.8 Å². The highest BCUT2D eigenvalue weighted by atomic mass is 32.2. The predicted octanol–water partition coefficient (Wildman–Crippen LogP) is 4.74. The Balaban J connectivity index is 1.98. The molecule has 0 bridgehead atoms. The average molecular weight is 379 g/mol. The van der Waals surface area contributed by atoms with Gasteiger partial charge in [0.25, 0.3) is 10.0 Å². The normalized spacial score (nSPS) is 11.8. The standard InChI is InChI=1S/C17H18N2O2S3/c1-10-7-12(3)16(8-11(10)2)24(20,21)19-13-5-6-14-15(9-13)23-17(18-14)22-4/h5-9,19H,1-4H3. The van der Waals surface area contributed by atoms with Crippen LogP contribution in [0.1, 0.15) is 16.7 Å². The number of sulfonamides is 1. The number of nitrogens with one attached hydrogen (secondary N) is 1. The molecule has 1 N–H and O–H groups in total. The Morgan fingerprint density at radius 3 is 2.46 bits per heavy atom. The highest BCUT2D eigenvalue weighted by Gasteiger charge is 2.18. The topological polar surface area (TPSA) is 59.1 Å². The van der Waals surface area contributed by atoms with Crippen LogP contribution in [0.15, 0.2) is 39.6 Å². The Bertz CT molecular complexity index is 1020. The summed E-state index contributed by atoms with van der Waals surface area (Å²) < 4.78 is 30.1. The van der Waals surface area contributed by atoms with Crippen molar-refractivity contribution in [2.75, 3.05) is 11.0 Å². The van der Waals surface area contributed by atoms with Gasteiger partial charge in [-0.15, -0.1) is 11.3 Å². The van der Waals surface area contributed by atoms with Gasteiger partial charge in [0.15, 0.2) is 4.34 Å². The van der Waals surface area contributed by atoms with Crippen LogP contribution in [0.4, 0.5) is 5.69 Å². The van der Waals surface area contributed by atoms with Gasteiger partial charge in [-0.1, -0.05) is 17.8 Å². The predicted molar refractivity (Wildman–Crippen MR) is 103 cm³/mol. The minimum atomic E-state index is -3.62. The lowest BCUT2D eigenvalue weighted by atomic mass is 10.1. The van der Waals surface area contributed by atoms with E-state index in [1.807, 2.05) is 45.2 Å². The quantitative estimate of drug-likeness (QED) is 0.666. The molecule has 1 aromatic heterocycles. The van der Waals surface area contributed by atoms with Crippen LogP contribution in [-0.2, 0) is 10.0 Å². The summed E-state index contributed by atoms with van der Waals surface area (Å²) in [5.41, 5.74) is 4.23. The van der Waals surface area contributed by atoms with E-state index >= 15 is 0 Å². The van der Waals surface area contributed by atoms with Crippen LogP contribution >= 0.6 is 23.1 Å². The number of hydrogen-bond acceptors (Lipinski definition) is 5. The van der Waals surface area contributed by atoms with E-state index < -0.39 is 10.0 Å². The summed E-state index contributed by atoms with van der Waals surface area (Å²) in [6.45, 7) is 5.71. The molecule has 0 aliphatic rings. The summed E-state index contributed by atoms with van der Waals surface area (Å²) >= 11 is 3.14. The minimum absolute atomic E-state index is 0.319. The van der Waals surface area contributed by atoms with E-state index in [9.17, 15) is 8.42 Å². The number of aromatic nitrogens is 1. The third-order valence-electron chi connectivity index (χ3n) is 3.88. The molecule has 0 unspecified atom stereocenters. The van der Waals surface area contributed by atoms with Gasteiger partial charge in [-0.25, -0.2) is 13.4 Å². The zero-order chi connectivity index (χ0) is 17.5. The van der Waals surface area contributed by atoms with E-state index in [-0.39, 0.29) is 0 Å². The van der Waals surface area contributed by atoms with Gasteiger partial charge < -0.3 is 0 Å². The van der Waals surface area contributed by atoms with Crippen LogP contribution in [0.2, 0.25) is 0 Å². The number of hydrogen-bond donors (Lipinski definition) is 1. The van der Waals surface area contributed by atoms with E-state index in [0.29, 0.717) is 10.6 Å². The molecule has 1 heterocycles. The SMILES string of the molecule is CSc1nc2ccc(NS(=O)(=O)c3cc(C)c(C)cc3C)cc2s1. The lowest BCUT2D eigenvalue weighted by Gasteiger charge is -2.12. The zero-order valence-electron chi connectivity index (χ0n) is 13.9. The van der Waals surface area contributed by atoms with Crippen molar-refractivity contribution in [2.24, 2.45) is 0 Å². The molecule has 0 atom stereocenters. The van der Waals surface area contributed by atoms with Crippen LogP contribution in [0.25, 0.3) is 10.2 Å². The smallest absolute Gasteiger partial charge is 0.262 e. The summed E-state index contributed by atoms with van der Waals surface area (Å²) in [4.78, 5) is 4.79. The molecule has 126 valence electrons. The highest BCUT2D eigenvalue weighted by molar-refractivity contribution is 8.00. The Hall–Kier alpha value is -1.57. The molecule has 0 aliphatic carbocycles. The maximum Gasteiger partial charge on any atom is 0.262 e. The molecule has 0 spiro atoms. The molecular formula is C17H18N2O2S3. The molecule has 7 heteroatoms. The number of nitrogens with zero attached hydrogens (tertiary/aromatic N) is 1. The van der Waals surface area contributed by atoms with Crippen molar-refractivity contribution < 1.29 is 8.42 Å². The first kappa shape index (κ1) is 17.3. The van der Waals surface area contributed by atoms with Crippen molar-refractivity contribution in [3.8, 4) is 0 Å². The van der Waals surface area contributed by atoms with Crippen molar-refractivity contribution in [3.63, 3.8) is 0 Å². The molecule has 0 fully saturated rings. The number of rotatable bonds is 4. The van der Waals surface area contributed by atoms with Crippen molar-refractivity contribution in [3.05, 3.63) is 47.0 Å². The molecular weight excluding hydrogens is 360 g/mol. The van der Waals surface area contributed by atoms with Gasteiger partial charge in [-0.05, 0) is 68.0 Å². The third-order valence-corrected chi connectivity index (χ3v) is 7.40.